The zero-order valence-corrected chi connectivity index (χ0v) is 10.0. The van der Waals surface area contributed by atoms with Crippen molar-refractivity contribution >= 4 is 22.4 Å². The lowest BCUT2D eigenvalue weighted by atomic mass is 10.3. The van der Waals surface area contributed by atoms with Gasteiger partial charge in [-0.1, -0.05) is 0 Å². The molecule has 1 aromatic rings. The van der Waals surface area contributed by atoms with Crippen molar-refractivity contribution in [1.82, 2.24) is 9.97 Å². The highest BCUT2D eigenvalue weighted by Crippen LogP contribution is 2.16. The molecule has 1 heterocycles. The third-order valence-corrected chi connectivity index (χ3v) is 2.76. The molecule has 6 heteroatoms. The van der Waals surface area contributed by atoms with Gasteiger partial charge in [0.25, 0.3) is 0 Å². The molecule has 0 bridgehead atoms. The summed E-state index contributed by atoms with van der Waals surface area (Å²) in [6, 6.07) is 0. The summed E-state index contributed by atoms with van der Waals surface area (Å²) >= 11 is 0. The Bertz CT molecular complexity index is 381. The lowest BCUT2D eigenvalue weighted by molar-refractivity contribution is 0.687. The molecule has 0 aliphatic heterocycles. The highest BCUT2D eigenvalue weighted by Gasteiger charge is 2.05. The monoisotopic (exact) mass is 228 g/mol. The van der Waals surface area contributed by atoms with E-state index in [1.54, 1.807) is 13.2 Å². The number of nitrogens with zero attached hydrogens (tertiary/aromatic N) is 2. The molecule has 0 saturated carbocycles. The second-order valence-corrected chi connectivity index (χ2v) is 4.89. The molecule has 0 saturated heterocycles. The van der Waals surface area contributed by atoms with Crippen molar-refractivity contribution in [3.63, 3.8) is 0 Å². The van der Waals surface area contributed by atoms with Crippen LogP contribution in [0.25, 0.3) is 0 Å². The van der Waals surface area contributed by atoms with Crippen LogP contribution in [0.2, 0.25) is 0 Å². The van der Waals surface area contributed by atoms with Crippen LogP contribution in [-0.2, 0) is 10.8 Å². The molecule has 5 nitrogen and oxygen atoms in total. The van der Waals surface area contributed by atoms with E-state index in [1.165, 1.54) is 0 Å². The van der Waals surface area contributed by atoms with Gasteiger partial charge in [0.2, 0.25) is 0 Å². The van der Waals surface area contributed by atoms with E-state index in [-0.39, 0.29) is 0 Å². The molecule has 0 spiro atoms. The first kappa shape index (κ1) is 11.9. The molecule has 0 fully saturated rings. The van der Waals surface area contributed by atoms with Gasteiger partial charge in [0.1, 0.15) is 17.5 Å². The molecule has 0 amide bonds. The Kier molecular flexibility index (Phi) is 4.02. The first-order chi connectivity index (χ1) is 7.00. The minimum absolute atomic E-state index is 0.489. The third-order valence-electron chi connectivity index (χ3n) is 1.98. The van der Waals surface area contributed by atoms with Gasteiger partial charge in [-0.05, 0) is 13.8 Å². The summed E-state index contributed by atoms with van der Waals surface area (Å²) in [5.74, 6) is 2.45. The molecule has 1 unspecified atom stereocenters. The molecule has 0 aromatic carbocycles. The summed E-state index contributed by atoms with van der Waals surface area (Å²) in [7, 11) is -0.794. The van der Waals surface area contributed by atoms with Gasteiger partial charge >= 0.3 is 0 Å². The van der Waals surface area contributed by atoms with Crippen LogP contribution in [-0.4, -0.2) is 32.7 Å². The molecule has 0 radical (unpaired) electrons. The normalized spacial score (nSPS) is 12.5. The number of aromatic nitrogens is 2. The Morgan fingerprint density at radius 3 is 2.67 bits per heavy atom. The van der Waals surface area contributed by atoms with Crippen molar-refractivity contribution in [2.24, 2.45) is 0 Å². The number of nitrogens with two attached hydrogens (primary N) is 1. The lowest BCUT2D eigenvalue weighted by Gasteiger charge is -2.09. The van der Waals surface area contributed by atoms with E-state index >= 15 is 0 Å². The Hall–Kier alpha value is -1.17. The summed E-state index contributed by atoms with van der Waals surface area (Å²) in [6.45, 7) is 4.28. The van der Waals surface area contributed by atoms with Gasteiger partial charge < -0.3 is 11.1 Å². The molecule has 1 rings (SSSR count). The molecule has 0 aliphatic carbocycles. The van der Waals surface area contributed by atoms with Crippen LogP contribution in [0.5, 0.6) is 0 Å². The van der Waals surface area contributed by atoms with Crippen LogP contribution in [0.3, 0.4) is 0 Å². The van der Waals surface area contributed by atoms with Crippen LogP contribution in [0, 0.1) is 13.8 Å². The van der Waals surface area contributed by atoms with Gasteiger partial charge in [-0.2, -0.15) is 0 Å². The first-order valence-electron chi connectivity index (χ1n) is 4.65. The van der Waals surface area contributed by atoms with Crippen LogP contribution in [0.4, 0.5) is 11.6 Å². The highest BCUT2D eigenvalue weighted by atomic mass is 32.2. The fourth-order valence-electron chi connectivity index (χ4n) is 1.14. The maximum absolute atomic E-state index is 10.9. The smallest absolute Gasteiger partial charge is 0.134 e. The molecule has 3 N–H and O–H groups in total. The quantitative estimate of drug-likeness (QED) is 0.782. The molecule has 1 aromatic heterocycles. The summed E-state index contributed by atoms with van der Waals surface area (Å²) < 4.78 is 10.9. The number of hydrogen-bond acceptors (Lipinski definition) is 5. The molecule has 84 valence electrons. The van der Waals surface area contributed by atoms with E-state index in [0.717, 1.165) is 11.4 Å². The van der Waals surface area contributed by atoms with Crippen molar-refractivity contribution < 1.29 is 4.21 Å². The zero-order chi connectivity index (χ0) is 11.4. The van der Waals surface area contributed by atoms with Crippen molar-refractivity contribution in [1.29, 1.82) is 0 Å². The Labute approximate surface area is 92.0 Å². The summed E-state index contributed by atoms with van der Waals surface area (Å²) in [4.78, 5) is 8.27. The zero-order valence-electron chi connectivity index (χ0n) is 9.20. The average Bonchev–Trinajstić information content (AvgIpc) is 2.12. The van der Waals surface area contributed by atoms with E-state index in [1.807, 2.05) is 6.92 Å². The van der Waals surface area contributed by atoms with Gasteiger partial charge in [-0.25, -0.2) is 9.97 Å². The second-order valence-electron chi connectivity index (χ2n) is 3.33. The minimum atomic E-state index is -0.794. The van der Waals surface area contributed by atoms with Crippen molar-refractivity contribution in [3.05, 3.63) is 11.4 Å². The number of nitrogen functional groups attached to an aromatic ring is 1. The van der Waals surface area contributed by atoms with Crippen molar-refractivity contribution in [2.45, 2.75) is 13.8 Å². The molecule has 0 aliphatic rings. The minimum Gasteiger partial charge on any atom is -0.383 e. The topological polar surface area (TPSA) is 80.9 Å². The number of hydrogen-bond donors (Lipinski definition) is 2. The van der Waals surface area contributed by atoms with E-state index in [2.05, 4.69) is 15.3 Å². The Morgan fingerprint density at radius 1 is 1.40 bits per heavy atom. The summed E-state index contributed by atoms with van der Waals surface area (Å²) in [6.07, 6.45) is 1.67. The molecular formula is C9H16N4OS. The largest absolute Gasteiger partial charge is 0.383 e. The SMILES string of the molecule is Cc1nc(N)c(C)c(NCCS(C)=O)n1. The number of nitrogens with one attached hydrogen (secondary N) is 1. The van der Waals surface area contributed by atoms with Gasteiger partial charge in [0.05, 0.1) is 0 Å². The Balaban J connectivity index is 2.72. The average molecular weight is 228 g/mol. The molecular weight excluding hydrogens is 212 g/mol. The van der Waals surface area contributed by atoms with Crippen LogP contribution in [0.1, 0.15) is 11.4 Å². The fraction of sp³-hybridized carbons (Fsp3) is 0.556. The molecule has 15 heavy (non-hydrogen) atoms. The fourth-order valence-corrected chi connectivity index (χ4v) is 1.52. The second kappa shape index (κ2) is 5.06. The summed E-state index contributed by atoms with van der Waals surface area (Å²) in [5, 5.41) is 3.10. The maximum atomic E-state index is 10.9. The van der Waals surface area contributed by atoms with Crippen molar-refractivity contribution in [2.75, 3.05) is 29.6 Å². The van der Waals surface area contributed by atoms with Gasteiger partial charge in [-0.15, -0.1) is 0 Å². The lowest BCUT2D eigenvalue weighted by Crippen LogP contribution is -2.13. The van der Waals surface area contributed by atoms with Crippen LogP contribution in [0.15, 0.2) is 0 Å². The maximum Gasteiger partial charge on any atom is 0.134 e. The van der Waals surface area contributed by atoms with Crippen LogP contribution >= 0.6 is 0 Å². The van der Waals surface area contributed by atoms with Gasteiger partial charge in [-0.3, -0.25) is 4.21 Å². The summed E-state index contributed by atoms with van der Waals surface area (Å²) in [5.41, 5.74) is 6.54. The van der Waals surface area contributed by atoms with Gasteiger partial charge in [0.15, 0.2) is 0 Å². The van der Waals surface area contributed by atoms with E-state index in [4.69, 9.17) is 5.73 Å². The van der Waals surface area contributed by atoms with Crippen molar-refractivity contribution in [3.8, 4) is 0 Å². The number of anilines is 2. The Morgan fingerprint density at radius 2 is 2.07 bits per heavy atom. The third kappa shape index (κ3) is 3.47. The van der Waals surface area contributed by atoms with E-state index in [9.17, 15) is 4.21 Å². The molecule has 1 atom stereocenters. The van der Waals surface area contributed by atoms with E-state index < -0.39 is 10.8 Å². The standard InChI is InChI=1S/C9H16N4OS/c1-6-8(10)12-7(2)13-9(6)11-4-5-15(3)14/h4-5H2,1-3H3,(H3,10,11,12,13). The van der Waals surface area contributed by atoms with Gasteiger partial charge in [0, 0.05) is 34.9 Å². The number of rotatable bonds is 4. The van der Waals surface area contributed by atoms with Crippen LogP contribution < -0.4 is 11.1 Å². The highest BCUT2D eigenvalue weighted by molar-refractivity contribution is 7.84. The first-order valence-corrected chi connectivity index (χ1v) is 6.38. The number of aryl methyl sites for hydroxylation is 1. The predicted molar refractivity (Wildman–Crippen MR) is 63.3 cm³/mol. The van der Waals surface area contributed by atoms with E-state index in [0.29, 0.717) is 23.9 Å². The predicted octanol–water partition coefficient (Wildman–Crippen LogP) is 0.466.